The molecule has 2 atom stereocenters. The van der Waals surface area contributed by atoms with Crippen LogP contribution in [0.5, 0.6) is 5.75 Å². The fourth-order valence-corrected chi connectivity index (χ4v) is 3.07. The summed E-state index contributed by atoms with van der Waals surface area (Å²) in [4.78, 5) is 11.5. The van der Waals surface area contributed by atoms with Gasteiger partial charge in [-0.25, -0.2) is 0 Å². The molecule has 1 aliphatic rings. The number of hydrogen-bond acceptors (Lipinski definition) is 2. The highest BCUT2D eigenvalue weighted by Crippen LogP contribution is 2.33. The molecule has 0 radical (unpaired) electrons. The highest BCUT2D eigenvalue weighted by molar-refractivity contribution is 9.10. The third-order valence-corrected chi connectivity index (χ3v) is 4.31. The fourth-order valence-electron chi connectivity index (χ4n) is 2.49. The van der Waals surface area contributed by atoms with Gasteiger partial charge in [-0.2, -0.15) is 0 Å². The van der Waals surface area contributed by atoms with Gasteiger partial charge in [-0.05, 0) is 52.4 Å². The van der Waals surface area contributed by atoms with E-state index in [-0.39, 0.29) is 5.92 Å². The number of ether oxygens (including phenoxy) is 1. The van der Waals surface area contributed by atoms with Crippen LogP contribution in [0.1, 0.15) is 25.3 Å². The van der Waals surface area contributed by atoms with Gasteiger partial charge >= 0.3 is 0 Å². The summed E-state index contributed by atoms with van der Waals surface area (Å²) >= 11 is 3.49. The van der Waals surface area contributed by atoms with Crippen LogP contribution in [0.4, 0.5) is 0 Å². The van der Waals surface area contributed by atoms with E-state index in [1.54, 1.807) is 7.11 Å². The van der Waals surface area contributed by atoms with Crippen molar-refractivity contribution in [3.63, 3.8) is 0 Å². The lowest BCUT2D eigenvalue weighted by molar-refractivity contribution is -0.120. The Labute approximate surface area is 110 Å². The number of hydrogen-bond donors (Lipinski definition) is 0. The molecule has 1 aliphatic carbocycles. The van der Waals surface area contributed by atoms with Crippen LogP contribution < -0.4 is 4.74 Å². The SMILES string of the molecule is COc1ccc(CC2CCC(=O)C2C)cc1Br. The Morgan fingerprint density at radius 1 is 1.47 bits per heavy atom. The molecule has 2 unspecified atom stereocenters. The Morgan fingerprint density at radius 2 is 2.24 bits per heavy atom. The van der Waals surface area contributed by atoms with E-state index in [2.05, 4.69) is 35.0 Å². The number of rotatable bonds is 3. The molecular formula is C14H17BrO2. The van der Waals surface area contributed by atoms with Gasteiger partial charge in [0.25, 0.3) is 0 Å². The lowest BCUT2D eigenvalue weighted by Crippen LogP contribution is -2.12. The first-order valence-electron chi connectivity index (χ1n) is 5.97. The topological polar surface area (TPSA) is 26.3 Å². The summed E-state index contributed by atoms with van der Waals surface area (Å²) in [6, 6.07) is 6.15. The van der Waals surface area contributed by atoms with Gasteiger partial charge in [0, 0.05) is 12.3 Å². The van der Waals surface area contributed by atoms with Gasteiger partial charge in [-0.15, -0.1) is 0 Å². The van der Waals surface area contributed by atoms with E-state index in [1.165, 1.54) is 5.56 Å². The second-order valence-electron chi connectivity index (χ2n) is 4.73. The van der Waals surface area contributed by atoms with Crippen LogP contribution in [0, 0.1) is 11.8 Å². The summed E-state index contributed by atoms with van der Waals surface area (Å²) < 4.78 is 6.19. The zero-order chi connectivity index (χ0) is 12.4. The molecule has 1 fully saturated rings. The van der Waals surface area contributed by atoms with Gasteiger partial charge in [0.05, 0.1) is 11.6 Å². The number of methoxy groups -OCH3 is 1. The average molecular weight is 297 g/mol. The highest BCUT2D eigenvalue weighted by Gasteiger charge is 2.30. The van der Waals surface area contributed by atoms with E-state index >= 15 is 0 Å². The van der Waals surface area contributed by atoms with Crippen molar-refractivity contribution in [1.29, 1.82) is 0 Å². The van der Waals surface area contributed by atoms with Gasteiger partial charge in [0.1, 0.15) is 11.5 Å². The van der Waals surface area contributed by atoms with Crippen molar-refractivity contribution in [3.05, 3.63) is 28.2 Å². The van der Waals surface area contributed by atoms with E-state index in [4.69, 9.17) is 4.74 Å². The van der Waals surface area contributed by atoms with Gasteiger partial charge in [-0.3, -0.25) is 4.79 Å². The minimum Gasteiger partial charge on any atom is -0.496 e. The molecule has 0 spiro atoms. The molecular weight excluding hydrogens is 280 g/mol. The Kier molecular flexibility index (Phi) is 3.87. The van der Waals surface area contributed by atoms with Crippen molar-refractivity contribution in [2.45, 2.75) is 26.2 Å². The Bertz CT molecular complexity index is 428. The van der Waals surface area contributed by atoms with E-state index in [0.717, 1.165) is 29.5 Å². The van der Waals surface area contributed by atoms with Crippen molar-refractivity contribution in [2.75, 3.05) is 7.11 Å². The molecule has 2 rings (SSSR count). The van der Waals surface area contributed by atoms with Crippen LogP contribution in [0.2, 0.25) is 0 Å². The number of Topliss-reactive ketones (excluding diaryl/α,β-unsaturated/α-hetero) is 1. The van der Waals surface area contributed by atoms with Gasteiger partial charge in [0.2, 0.25) is 0 Å². The predicted molar refractivity (Wildman–Crippen MR) is 71.3 cm³/mol. The maximum Gasteiger partial charge on any atom is 0.135 e. The third-order valence-electron chi connectivity index (χ3n) is 3.69. The van der Waals surface area contributed by atoms with Gasteiger partial charge in [0.15, 0.2) is 0 Å². The van der Waals surface area contributed by atoms with Crippen LogP contribution in [-0.4, -0.2) is 12.9 Å². The number of halogens is 1. The number of carbonyl (C=O) groups is 1. The lowest BCUT2D eigenvalue weighted by atomic mass is 9.91. The third kappa shape index (κ3) is 2.71. The number of ketones is 1. The fraction of sp³-hybridized carbons (Fsp3) is 0.500. The Hall–Kier alpha value is -0.830. The van der Waals surface area contributed by atoms with Crippen molar-refractivity contribution < 1.29 is 9.53 Å². The van der Waals surface area contributed by atoms with Crippen LogP contribution in [0.25, 0.3) is 0 Å². The first-order chi connectivity index (χ1) is 8.11. The number of benzene rings is 1. The predicted octanol–water partition coefficient (Wildman–Crippen LogP) is 3.62. The normalized spacial score (nSPS) is 24.1. The van der Waals surface area contributed by atoms with Crippen LogP contribution >= 0.6 is 15.9 Å². The van der Waals surface area contributed by atoms with Crippen molar-refractivity contribution >= 4 is 21.7 Å². The van der Waals surface area contributed by atoms with E-state index < -0.39 is 0 Å². The van der Waals surface area contributed by atoms with E-state index in [1.807, 2.05) is 6.07 Å². The molecule has 0 aromatic heterocycles. The lowest BCUT2D eigenvalue weighted by Gasteiger charge is -2.14. The van der Waals surface area contributed by atoms with Crippen LogP contribution in [-0.2, 0) is 11.2 Å². The average Bonchev–Trinajstić information content (AvgIpc) is 2.61. The summed E-state index contributed by atoms with van der Waals surface area (Å²) in [5.41, 5.74) is 1.27. The second kappa shape index (κ2) is 5.21. The monoisotopic (exact) mass is 296 g/mol. The molecule has 0 N–H and O–H groups in total. The molecule has 0 saturated heterocycles. The molecule has 0 amide bonds. The smallest absolute Gasteiger partial charge is 0.135 e. The molecule has 1 aromatic rings. The maximum atomic E-state index is 11.5. The summed E-state index contributed by atoms with van der Waals surface area (Å²) in [7, 11) is 1.66. The van der Waals surface area contributed by atoms with Crippen molar-refractivity contribution in [2.24, 2.45) is 11.8 Å². The molecule has 17 heavy (non-hydrogen) atoms. The zero-order valence-electron chi connectivity index (χ0n) is 10.2. The standard InChI is InChI=1S/C14H17BrO2/c1-9-11(4-5-13(9)16)7-10-3-6-14(17-2)12(15)8-10/h3,6,8-9,11H,4-5,7H2,1-2H3. The molecule has 2 nitrogen and oxygen atoms in total. The van der Waals surface area contributed by atoms with E-state index in [0.29, 0.717) is 11.7 Å². The Balaban J connectivity index is 2.09. The number of carbonyl (C=O) groups excluding carboxylic acids is 1. The molecule has 92 valence electrons. The summed E-state index contributed by atoms with van der Waals surface area (Å²) in [6.45, 7) is 2.05. The molecule has 0 bridgehead atoms. The minimum absolute atomic E-state index is 0.218. The largest absolute Gasteiger partial charge is 0.496 e. The molecule has 1 aromatic carbocycles. The van der Waals surface area contributed by atoms with Crippen LogP contribution in [0.15, 0.2) is 22.7 Å². The first-order valence-corrected chi connectivity index (χ1v) is 6.76. The molecule has 0 heterocycles. The summed E-state index contributed by atoms with van der Waals surface area (Å²) in [5.74, 6) is 1.99. The summed E-state index contributed by atoms with van der Waals surface area (Å²) in [6.07, 6.45) is 2.77. The zero-order valence-corrected chi connectivity index (χ0v) is 11.8. The van der Waals surface area contributed by atoms with Gasteiger partial charge < -0.3 is 4.74 Å². The molecule has 0 aliphatic heterocycles. The second-order valence-corrected chi connectivity index (χ2v) is 5.58. The van der Waals surface area contributed by atoms with Crippen molar-refractivity contribution in [1.82, 2.24) is 0 Å². The quantitative estimate of drug-likeness (QED) is 0.852. The summed E-state index contributed by atoms with van der Waals surface area (Å²) in [5, 5.41) is 0. The minimum atomic E-state index is 0.218. The first kappa shape index (κ1) is 12.6. The van der Waals surface area contributed by atoms with Gasteiger partial charge in [-0.1, -0.05) is 13.0 Å². The molecule has 3 heteroatoms. The maximum absolute atomic E-state index is 11.5. The Morgan fingerprint density at radius 3 is 2.76 bits per heavy atom. The van der Waals surface area contributed by atoms with E-state index in [9.17, 15) is 4.79 Å². The molecule has 1 saturated carbocycles. The van der Waals surface area contributed by atoms with Crippen LogP contribution in [0.3, 0.4) is 0 Å². The van der Waals surface area contributed by atoms with Crippen molar-refractivity contribution in [3.8, 4) is 5.75 Å². The highest BCUT2D eigenvalue weighted by atomic mass is 79.9.